The second-order valence-electron chi connectivity index (χ2n) is 11.6. The molecule has 0 bridgehead atoms. The van der Waals surface area contributed by atoms with Gasteiger partial charge in [-0.3, -0.25) is 14.2 Å². The monoisotopic (exact) mass is 563 g/mol. The fourth-order valence-electron chi connectivity index (χ4n) is 6.68. The highest BCUT2D eigenvalue weighted by molar-refractivity contribution is 7.99. The van der Waals surface area contributed by atoms with Crippen LogP contribution >= 0.6 is 11.8 Å². The lowest BCUT2D eigenvalue weighted by molar-refractivity contribution is -0.113. The van der Waals surface area contributed by atoms with E-state index in [1.54, 1.807) is 0 Å². The van der Waals surface area contributed by atoms with Gasteiger partial charge in [-0.1, -0.05) is 103 Å². The zero-order valence-electron chi connectivity index (χ0n) is 23.9. The maximum Gasteiger partial charge on any atom is 0.258 e. The van der Waals surface area contributed by atoms with Crippen LogP contribution in [0.1, 0.15) is 59.9 Å². The van der Waals surface area contributed by atoms with Crippen molar-refractivity contribution < 1.29 is 4.79 Å². The third kappa shape index (κ3) is 5.62. The van der Waals surface area contributed by atoms with Gasteiger partial charge in [-0.2, -0.15) is 0 Å². The van der Waals surface area contributed by atoms with Gasteiger partial charge < -0.3 is 5.32 Å². The van der Waals surface area contributed by atoms with Gasteiger partial charge in [-0.15, -0.1) is 0 Å². The van der Waals surface area contributed by atoms with E-state index in [-0.39, 0.29) is 22.6 Å². The smallest absolute Gasteiger partial charge is 0.258 e. The molecule has 3 aromatic carbocycles. The van der Waals surface area contributed by atoms with E-state index in [9.17, 15) is 9.59 Å². The Balaban J connectivity index is 1.39. The van der Waals surface area contributed by atoms with Gasteiger partial charge in [0.15, 0.2) is 5.16 Å². The quantitative estimate of drug-likeness (QED) is 0.190. The lowest BCUT2D eigenvalue weighted by Gasteiger charge is -2.42. The first-order valence-corrected chi connectivity index (χ1v) is 15.7. The molecule has 6 rings (SSSR count). The molecule has 1 N–H and O–H groups in total. The first-order chi connectivity index (χ1) is 19.9. The van der Waals surface area contributed by atoms with Crippen molar-refractivity contribution in [1.82, 2.24) is 9.55 Å². The number of nitrogens with zero attached hydrogens (tertiary/aromatic N) is 2. The van der Waals surface area contributed by atoms with Gasteiger partial charge in [-0.25, -0.2) is 4.98 Å². The predicted molar refractivity (Wildman–Crippen MR) is 168 cm³/mol. The van der Waals surface area contributed by atoms with Crippen LogP contribution in [0, 0.1) is 13.8 Å². The number of amides is 1. The number of rotatable bonds is 7. The maximum atomic E-state index is 14.6. The molecule has 1 fully saturated rings. The first-order valence-electron chi connectivity index (χ1n) is 14.7. The van der Waals surface area contributed by atoms with E-state index < -0.39 is 0 Å². The fraction of sp³-hybridized carbons (Fsp3) is 0.343. The molecule has 41 heavy (non-hydrogen) atoms. The van der Waals surface area contributed by atoms with Gasteiger partial charge in [0.1, 0.15) is 0 Å². The number of benzene rings is 3. The van der Waals surface area contributed by atoms with Crippen LogP contribution in [0.2, 0.25) is 0 Å². The summed E-state index contributed by atoms with van der Waals surface area (Å²) in [6, 6.07) is 24.7. The van der Waals surface area contributed by atoms with Crippen molar-refractivity contribution in [3.8, 4) is 11.3 Å². The summed E-state index contributed by atoms with van der Waals surface area (Å²) in [4.78, 5) is 32.9. The minimum absolute atomic E-state index is 0.0691. The molecule has 0 aliphatic heterocycles. The highest BCUT2D eigenvalue weighted by Crippen LogP contribution is 2.48. The van der Waals surface area contributed by atoms with Crippen molar-refractivity contribution in [2.75, 3.05) is 11.1 Å². The third-order valence-electron chi connectivity index (χ3n) is 8.73. The van der Waals surface area contributed by atoms with Crippen LogP contribution in [0.25, 0.3) is 11.3 Å². The average Bonchev–Trinajstić information content (AvgIpc) is 2.98. The summed E-state index contributed by atoms with van der Waals surface area (Å²) >= 11 is 1.36. The molecule has 6 heteroatoms. The number of aromatic nitrogens is 2. The molecule has 0 unspecified atom stereocenters. The van der Waals surface area contributed by atoms with Crippen LogP contribution in [0.15, 0.2) is 82.7 Å². The van der Waals surface area contributed by atoms with E-state index in [0.29, 0.717) is 11.7 Å². The zero-order valence-corrected chi connectivity index (χ0v) is 24.7. The van der Waals surface area contributed by atoms with E-state index in [1.807, 2.05) is 54.8 Å². The van der Waals surface area contributed by atoms with Gasteiger partial charge in [-0.05, 0) is 62.3 Å². The summed E-state index contributed by atoms with van der Waals surface area (Å²) in [7, 11) is 0. The van der Waals surface area contributed by atoms with Gasteiger partial charge in [0.25, 0.3) is 5.56 Å². The topological polar surface area (TPSA) is 64.0 Å². The molecule has 1 saturated carbocycles. The lowest BCUT2D eigenvalue weighted by atomic mass is 9.62. The number of anilines is 1. The molecule has 1 spiro atoms. The zero-order chi connectivity index (χ0) is 28.4. The van der Waals surface area contributed by atoms with Crippen LogP contribution in [-0.2, 0) is 29.6 Å². The van der Waals surface area contributed by atoms with Crippen molar-refractivity contribution in [3.63, 3.8) is 0 Å². The number of carbonyl (C=O) groups excluding carboxylic acids is 1. The standard InChI is InChI=1S/C35H37N3O2S/c1-24-15-16-29(25(2)21-24)36-30(39)23-41-34-37-32-28-14-8-7-13-27(28)22-35(18-9-4-10-19-35)31(32)33(40)38(34)20-17-26-11-5-3-6-12-26/h3,5-8,11-16,21H,4,9-10,17-20,22-23H2,1-2H3,(H,36,39). The Labute approximate surface area is 246 Å². The highest BCUT2D eigenvalue weighted by atomic mass is 32.2. The Morgan fingerprint density at radius 1 is 0.976 bits per heavy atom. The van der Waals surface area contributed by atoms with Crippen molar-refractivity contribution >= 4 is 23.4 Å². The first kappa shape index (κ1) is 27.5. The highest BCUT2D eigenvalue weighted by Gasteiger charge is 2.43. The molecule has 0 atom stereocenters. The number of thioether (sulfide) groups is 1. The van der Waals surface area contributed by atoms with Crippen LogP contribution in [0.4, 0.5) is 5.69 Å². The molecule has 1 heterocycles. The lowest BCUT2D eigenvalue weighted by Crippen LogP contribution is -2.43. The molecule has 1 amide bonds. The van der Waals surface area contributed by atoms with Crippen molar-refractivity contribution in [2.45, 2.75) is 75.9 Å². The Kier molecular flexibility index (Phi) is 7.85. The number of aryl methyl sites for hydroxylation is 3. The molecule has 1 aromatic heterocycles. The summed E-state index contributed by atoms with van der Waals surface area (Å²) in [5.41, 5.74) is 8.15. The summed E-state index contributed by atoms with van der Waals surface area (Å²) in [5, 5.41) is 3.66. The summed E-state index contributed by atoms with van der Waals surface area (Å²) in [5.74, 6) is 0.0733. The molecule has 0 saturated heterocycles. The number of carbonyl (C=O) groups is 1. The van der Waals surface area contributed by atoms with E-state index in [1.165, 1.54) is 29.3 Å². The molecule has 2 aliphatic carbocycles. The molecular formula is C35H37N3O2S. The van der Waals surface area contributed by atoms with Crippen LogP contribution < -0.4 is 10.9 Å². The van der Waals surface area contributed by atoms with Gasteiger partial charge in [0, 0.05) is 23.2 Å². The fourth-order valence-corrected chi connectivity index (χ4v) is 7.50. The van der Waals surface area contributed by atoms with Crippen LogP contribution in [0.5, 0.6) is 0 Å². The Hall–Kier alpha value is -3.64. The summed E-state index contributed by atoms with van der Waals surface area (Å²) in [6.07, 6.45) is 7.17. The average molecular weight is 564 g/mol. The third-order valence-corrected chi connectivity index (χ3v) is 9.71. The summed E-state index contributed by atoms with van der Waals surface area (Å²) < 4.78 is 1.85. The largest absolute Gasteiger partial charge is 0.325 e. The van der Waals surface area contributed by atoms with Gasteiger partial charge in [0.2, 0.25) is 5.91 Å². The summed E-state index contributed by atoms with van der Waals surface area (Å²) in [6.45, 7) is 4.57. The maximum absolute atomic E-state index is 14.6. The van der Waals surface area contributed by atoms with Gasteiger partial charge in [0.05, 0.1) is 17.0 Å². The second kappa shape index (κ2) is 11.7. The van der Waals surface area contributed by atoms with E-state index in [2.05, 4.69) is 41.7 Å². The Bertz CT molecular complexity index is 1640. The van der Waals surface area contributed by atoms with Crippen molar-refractivity contribution in [2.24, 2.45) is 0 Å². The Morgan fingerprint density at radius 2 is 1.73 bits per heavy atom. The number of fused-ring (bicyclic) bond motifs is 4. The molecule has 4 aromatic rings. The molecule has 0 radical (unpaired) electrons. The minimum Gasteiger partial charge on any atom is -0.325 e. The van der Waals surface area contributed by atoms with E-state index in [0.717, 1.165) is 72.2 Å². The van der Waals surface area contributed by atoms with E-state index in [4.69, 9.17) is 4.98 Å². The van der Waals surface area contributed by atoms with Crippen LogP contribution in [-0.4, -0.2) is 21.2 Å². The second-order valence-corrected chi connectivity index (χ2v) is 12.6. The van der Waals surface area contributed by atoms with E-state index >= 15 is 0 Å². The molecular weight excluding hydrogens is 526 g/mol. The normalized spacial score (nSPS) is 15.3. The molecule has 2 aliphatic rings. The number of hydrogen-bond acceptors (Lipinski definition) is 4. The SMILES string of the molecule is Cc1ccc(NC(=O)CSc2nc3c(c(=O)n2CCc2ccccc2)C2(CCCCC2)Cc2ccccc2-3)c(C)c1. The molecule has 210 valence electrons. The number of nitrogens with one attached hydrogen (secondary N) is 1. The van der Waals surface area contributed by atoms with Crippen LogP contribution in [0.3, 0.4) is 0 Å². The van der Waals surface area contributed by atoms with Crippen molar-refractivity contribution in [1.29, 1.82) is 0 Å². The minimum atomic E-state index is -0.163. The number of hydrogen-bond donors (Lipinski definition) is 1. The molecule has 5 nitrogen and oxygen atoms in total. The van der Waals surface area contributed by atoms with Crippen molar-refractivity contribution in [3.05, 3.63) is 111 Å². The predicted octanol–water partition coefficient (Wildman–Crippen LogP) is 7.26. The Morgan fingerprint density at radius 3 is 2.51 bits per heavy atom. The van der Waals surface area contributed by atoms with Gasteiger partial charge >= 0.3 is 0 Å².